The van der Waals surface area contributed by atoms with Gasteiger partial charge in [0.1, 0.15) is 11.6 Å². The molecule has 2 aliphatic heterocycles. The number of hydrogen-bond donors (Lipinski definition) is 0. The molecule has 2 saturated heterocycles. The van der Waals surface area contributed by atoms with Gasteiger partial charge in [0.2, 0.25) is 0 Å². The molecule has 2 aliphatic rings. The van der Waals surface area contributed by atoms with E-state index in [-0.39, 0.29) is 5.91 Å². The molecule has 0 unspecified atom stereocenters. The van der Waals surface area contributed by atoms with E-state index in [0.29, 0.717) is 36.9 Å². The molecular weight excluding hydrogens is 380 g/mol. The molecule has 28 heavy (non-hydrogen) atoms. The number of nitrogens with zero attached hydrogens (tertiary/aromatic N) is 6. The molecule has 4 rings (SSSR count). The monoisotopic (exact) mass is 404 g/mol. The molecule has 0 radical (unpaired) electrons. The van der Waals surface area contributed by atoms with Crippen LogP contribution in [0.4, 0.5) is 5.82 Å². The van der Waals surface area contributed by atoms with Crippen molar-refractivity contribution in [3.63, 3.8) is 0 Å². The number of amides is 1. The molecular formula is C19H25ClN6O2. The van der Waals surface area contributed by atoms with Gasteiger partial charge < -0.3 is 19.1 Å². The molecule has 2 aromatic heterocycles. The summed E-state index contributed by atoms with van der Waals surface area (Å²) in [4.78, 5) is 27.9. The van der Waals surface area contributed by atoms with E-state index in [1.807, 2.05) is 19.4 Å². The van der Waals surface area contributed by atoms with E-state index >= 15 is 0 Å². The number of imidazole rings is 1. The first-order valence-corrected chi connectivity index (χ1v) is 9.95. The molecule has 1 amide bonds. The van der Waals surface area contributed by atoms with Crippen molar-refractivity contribution in [3.05, 3.63) is 41.1 Å². The highest BCUT2D eigenvalue weighted by atomic mass is 35.5. The van der Waals surface area contributed by atoms with Crippen LogP contribution in [0.15, 0.2) is 24.7 Å². The second kappa shape index (κ2) is 8.46. The largest absolute Gasteiger partial charge is 0.378 e. The molecule has 0 atom stereocenters. The standard InChI is InChI=1S/C19H25ClN6O2/c1-23-3-2-21-17(23)14-24-4-6-25(7-5-24)18-16(20)12-15(13-22-18)19(27)26-8-10-28-11-9-26/h2-3,12-13H,4-11,14H2,1H3. The molecule has 2 aromatic rings. The number of halogens is 1. The Labute approximate surface area is 169 Å². The van der Waals surface area contributed by atoms with Crippen molar-refractivity contribution < 1.29 is 9.53 Å². The van der Waals surface area contributed by atoms with Gasteiger partial charge in [0.15, 0.2) is 0 Å². The number of carbonyl (C=O) groups excluding carboxylic acids is 1. The van der Waals surface area contributed by atoms with E-state index in [9.17, 15) is 4.79 Å². The Hall–Kier alpha value is -2.16. The summed E-state index contributed by atoms with van der Waals surface area (Å²) in [6, 6.07) is 1.74. The van der Waals surface area contributed by atoms with Gasteiger partial charge in [0, 0.05) is 64.9 Å². The number of piperazine rings is 1. The lowest BCUT2D eigenvalue weighted by Crippen LogP contribution is -2.46. The summed E-state index contributed by atoms with van der Waals surface area (Å²) in [7, 11) is 2.02. The minimum Gasteiger partial charge on any atom is -0.378 e. The van der Waals surface area contributed by atoms with Crippen LogP contribution in [0.2, 0.25) is 5.02 Å². The van der Waals surface area contributed by atoms with Gasteiger partial charge in [-0.1, -0.05) is 11.6 Å². The average molecular weight is 405 g/mol. The number of aryl methyl sites for hydroxylation is 1. The lowest BCUT2D eigenvalue weighted by atomic mass is 10.2. The maximum atomic E-state index is 12.6. The molecule has 0 aromatic carbocycles. The Balaban J connectivity index is 1.37. The summed E-state index contributed by atoms with van der Waals surface area (Å²) in [5, 5.41) is 0.525. The first-order valence-electron chi connectivity index (χ1n) is 9.58. The van der Waals surface area contributed by atoms with Crippen LogP contribution in [0.1, 0.15) is 16.2 Å². The Morgan fingerprint density at radius 3 is 2.54 bits per heavy atom. The third kappa shape index (κ3) is 4.14. The number of hydrogen-bond acceptors (Lipinski definition) is 6. The van der Waals surface area contributed by atoms with Gasteiger partial charge in [-0.25, -0.2) is 9.97 Å². The zero-order valence-corrected chi connectivity index (χ0v) is 16.8. The van der Waals surface area contributed by atoms with Crippen LogP contribution >= 0.6 is 11.6 Å². The zero-order chi connectivity index (χ0) is 19.5. The normalized spacial score (nSPS) is 18.5. The Morgan fingerprint density at radius 1 is 1.14 bits per heavy atom. The lowest BCUT2D eigenvalue weighted by molar-refractivity contribution is 0.0302. The predicted molar refractivity (Wildman–Crippen MR) is 107 cm³/mol. The quantitative estimate of drug-likeness (QED) is 0.764. The first-order chi connectivity index (χ1) is 13.6. The smallest absolute Gasteiger partial charge is 0.255 e. The number of morpholine rings is 1. The number of anilines is 1. The van der Waals surface area contributed by atoms with Gasteiger partial charge in [-0.05, 0) is 6.07 Å². The fourth-order valence-electron chi connectivity index (χ4n) is 3.60. The molecule has 4 heterocycles. The molecule has 0 aliphatic carbocycles. The average Bonchev–Trinajstić information content (AvgIpc) is 3.13. The van der Waals surface area contributed by atoms with Crippen LogP contribution in [0, 0.1) is 0 Å². The van der Waals surface area contributed by atoms with E-state index < -0.39 is 0 Å². The topological polar surface area (TPSA) is 66.7 Å². The molecule has 0 saturated carbocycles. The van der Waals surface area contributed by atoms with E-state index in [1.165, 1.54) is 0 Å². The van der Waals surface area contributed by atoms with E-state index in [1.54, 1.807) is 17.2 Å². The van der Waals surface area contributed by atoms with Crippen molar-refractivity contribution in [2.75, 3.05) is 57.4 Å². The third-order valence-electron chi connectivity index (χ3n) is 5.32. The van der Waals surface area contributed by atoms with Gasteiger partial charge in [0.05, 0.1) is 30.3 Å². The van der Waals surface area contributed by atoms with Crippen LogP contribution < -0.4 is 4.90 Å². The summed E-state index contributed by atoms with van der Waals surface area (Å²) in [5.41, 5.74) is 0.532. The highest BCUT2D eigenvalue weighted by molar-refractivity contribution is 6.33. The molecule has 9 heteroatoms. The van der Waals surface area contributed by atoms with Gasteiger partial charge >= 0.3 is 0 Å². The fourth-order valence-corrected chi connectivity index (χ4v) is 3.88. The zero-order valence-electron chi connectivity index (χ0n) is 16.1. The van der Waals surface area contributed by atoms with Crippen molar-refractivity contribution >= 4 is 23.3 Å². The Bertz CT molecular complexity index is 828. The van der Waals surface area contributed by atoms with Crippen LogP contribution in [-0.4, -0.2) is 82.7 Å². The maximum absolute atomic E-state index is 12.6. The van der Waals surface area contributed by atoms with Gasteiger partial charge in [0.25, 0.3) is 5.91 Å². The van der Waals surface area contributed by atoms with Crippen molar-refractivity contribution in [2.24, 2.45) is 7.05 Å². The second-order valence-corrected chi connectivity index (χ2v) is 7.56. The lowest BCUT2D eigenvalue weighted by Gasteiger charge is -2.35. The summed E-state index contributed by atoms with van der Waals surface area (Å²) in [5.74, 6) is 1.77. The summed E-state index contributed by atoms with van der Waals surface area (Å²) in [6.45, 7) is 6.72. The highest BCUT2D eigenvalue weighted by Gasteiger charge is 2.23. The number of carbonyl (C=O) groups is 1. The number of aromatic nitrogens is 3. The summed E-state index contributed by atoms with van der Waals surface area (Å²) in [6.07, 6.45) is 5.43. The predicted octanol–water partition coefficient (Wildman–Crippen LogP) is 1.26. The van der Waals surface area contributed by atoms with Crippen LogP contribution in [0.25, 0.3) is 0 Å². The second-order valence-electron chi connectivity index (χ2n) is 7.15. The van der Waals surface area contributed by atoms with E-state index in [4.69, 9.17) is 16.3 Å². The Morgan fingerprint density at radius 2 is 1.89 bits per heavy atom. The molecule has 0 bridgehead atoms. The number of ether oxygens (including phenoxy) is 1. The molecule has 0 spiro atoms. The van der Waals surface area contributed by atoms with Gasteiger partial charge in [-0.15, -0.1) is 0 Å². The van der Waals surface area contributed by atoms with Crippen molar-refractivity contribution in [3.8, 4) is 0 Å². The third-order valence-corrected chi connectivity index (χ3v) is 5.60. The van der Waals surface area contributed by atoms with Crippen LogP contribution in [-0.2, 0) is 18.3 Å². The van der Waals surface area contributed by atoms with Crippen molar-refractivity contribution in [1.29, 1.82) is 0 Å². The molecule has 0 N–H and O–H groups in total. The minimum absolute atomic E-state index is 0.0378. The fraction of sp³-hybridized carbons (Fsp3) is 0.526. The number of rotatable bonds is 4. The Kier molecular flexibility index (Phi) is 5.79. The van der Waals surface area contributed by atoms with E-state index in [0.717, 1.165) is 44.4 Å². The number of pyridine rings is 1. The van der Waals surface area contributed by atoms with Crippen molar-refractivity contribution in [2.45, 2.75) is 6.54 Å². The molecule has 2 fully saturated rings. The van der Waals surface area contributed by atoms with E-state index in [2.05, 4.69) is 24.3 Å². The summed E-state index contributed by atoms with van der Waals surface area (Å²) < 4.78 is 7.36. The SMILES string of the molecule is Cn1ccnc1CN1CCN(c2ncc(C(=O)N3CCOCC3)cc2Cl)CC1. The van der Waals surface area contributed by atoms with Crippen LogP contribution in [0.5, 0.6) is 0 Å². The summed E-state index contributed by atoms with van der Waals surface area (Å²) >= 11 is 6.49. The van der Waals surface area contributed by atoms with Crippen molar-refractivity contribution in [1.82, 2.24) is 24.3 Å². The first kappa shape index (κ1) is 19.2. The molecule has 150 valence electrons. The maximum Gasteiger partial charge on any atom is 0.255 e. The van der Waals surface area contributed by atoms with Gasteiger partial charge in [-0.2, -0.15) is 0 Å². The highest BCUT2D eigenvalue weighted by Crippen LogP contribution is 2.26. The van der Waals surface area contributed by atoms with Crippen LogP contribution in [0.3, 0.4) is 0 Å². The molecule has 8 nitrogen and oxygen atoms in total. The van der Waals surface area contributed by atoms with Gasteiger partial charge in [-0.3, -0.25) is 9.69 Å². The minimum atomic E-state index is -0.0378.